The van der Waals surface area contributed by atoms with Crippen molar-refractivity contribution in [2.24, 2.45) is 0 Å². The van der Waals surface area contributed by atoms with Gasteiger partial charge >= 0.3 is 26.3 Å². The van der Waals surface area contributed by atoms with Gasteiger partial charge in [0, 0.05) is 23.5 Å². The third-order valence-electron chi connectivity index (χ3n) is 4.13. The maximum Gasteiger partial charge on any atom is 0.323 e. The average molecular weight is 485 g/mol. The Balaban J connectivity index is 2.00. The Bertz CT molecular complexity index is 1030. The van der Waals surface area contributed by atoms with Gasteiger partial charge in [0.1, 0.15) is 11.5 Å². The second kappa shape index (κ2) is 11.7. The molecule has 9 nitrogen and oxygen atoms in total. The van der Waals surface area contributed by atoms with Crippen LogP contribution in [-0.2, 0) is 20.2 Å². The van der Waals surface area contributed by atoms with Gasteiger partial charge in [-0.15, -0.1) is 0 Å². The van der Waals surface area contributed by atoms with E-state index in [1.165, 1.54) is 24.3 Å². The van der Waals surface area contributed by atoms with Crippen LogP contribution in [0.15, 0.2) is 48.5 Å². The Morgan fingerprint density at radius 1 is 0.750 bits per heavy atom. The highest BCUT2D eigenvalue weighted by Gasteiger charge is 2.14. The van der Waals surface area contributed by atoms with Gasteiger partial charge in [0.15, 0.2) is 0 Å². The van der Waals surface area contributed by atoms with E-state index >= 15 is 0 Å². The van der Waals surface area contributed by atoms with Crippen molar-refractivity contribution >= 4 is 37.6 Å². The molecule has 0 spiro atoms. The van der Waals surface area contributed by atoms with Crippen molar-refractivity contribution in [2.45, 2.75) is 39.5 Å². The number of hydrogen-bond donors (Lipinski definition) is 2. The van der Waals surface area contributed by atoms with Crippen LogP contribution in [0.3, 0.4) is 0 Å². The molecule has 2 aromatic rings. The number of carbonyl (C=O) groups is 1. The van der Waals surface area contributed by atoms with Gasteiger partial charge in [0.2, 0.25) is 0 Å². The Morgan fingerprint density at radius 3 is 1.53 bits per heavy atom. The van der Waals surface area contributed by atoms with E-state index in [0.717, 1.165) is 12.8 Å². The van der Waals surface area contributed by atoms with E-state index in [0.29, 0.717) is 24.2 Å². The lowest BCUT2D eigenvalue weighted by molar-refractivity contribution is 0.262. The van der Waals surface area contributed by atoms with Crippen LogP contribution in [0.1, 0.15) is 39.5 Å². The molecule has 0 saturated heterocycles. The summed E-state index contributed by atoms with van der Waals surface area (Å²) in [5, 5.41) is 5.14. The molecule has 176 valence electrons. The van der Waals surface area contributed by atoms with Gasteiger partial charge in [-0.2, -0.15) is 16.8 Å². The maximum absolute atomic E-state index is 12.3. The summed E-state index contributed by atoms with van der Waals surface area (Å²) in [5.41, 5.74) is 0.639. The summed E-state index contributed by atoms with van der Waals surface area (Å²) in [6, 6.07) is 11.4. The van der Waals surface area contributed by atoms with Gasteiger partial charge < -0.3 is 19.0 Å². The van der Waals surface area contributed by atoms with Gasteiger partial charge in [-0.05, 0) is 37.1 Å². The monoisotopic (exact) mass is 484 g/mol. The van der Waals surface area contributed by atoms with Gasteiger partial charge in [-0.25, -0.2) is 4.79 Å². The zero-order valence-electron chi connectivity index (χ0n) is 18.0. The number of unbranched alkanes of at least 4 members (excludes halogenated alkanes) is 2. The first-order valence-corrected chi connectivity index (χ1v) is 13.4. The molecule has 0 saturated carbocycles. The second-order valence-electron chi connectivity index (χ2n) is 7.03. The number of nitrogens with one attached hydrogen (secondary N) is 2. The van der Waals surface area contributed by atoms with Crippen molar-refractivity contribution in [3.05, 3.63) is 48.5 Å². The summed E-state index contributed by atoms with van der Waals surface area (Å²) >= 11 is 0. The highest BCUT2D eigenvalue weighted by atomic mass is 32.2. The van der Waals surface area contributed by atoms with Gasteiger partial charge in [-0.1, -0.05) is 38.8 Å². The van der Waals surface area contributed by atoms with Crippen LogP contribution in [0.2, 0.25) is 0 Å². The SMILES string of the molecule is CCCCS(=O)(=O)Oc1cccc(NC(=O)Nc2cccc(OS(=O)(=O)CCCC)c2)c1. The van der Waals surface area contributed by atoms with Crippen molar-refractivity contribution in [3.8, 4) is 11.5 Å². The number of benzene rings is 2. The first kappa shape index (κ1) is 25.5. The molecule has 11 heteroatoms. The molecule has 32 heavy (non-hydrogen) atoms. The number of amides is 2. The quantitative estimate of drug-likeness (QED) is 0.429. The maximum atomic E-state index is 12.3. The Kier molecular flexibility index (Phi) is 9.33. The number of anilines is 2. The van der Waals surface area contributed by atoms with E-state index in [4.69, 9.17) is 8.37 Å². The predicted octanol–water partition coefficient (Wildman–Crippen LogP) is 4.35. The van der Waals surface area contributed by atoms with Crippen LogP contribution in [0.25, 0.3) is 0 Å². The van der Waals surface area contributed by atoms with Crippen molar-refractivity contribution < 1.29 is 30.0 Å². The molecule has 2 amide bonds. The highest BCUT2D eigenvalue weighted by molar-refractivity contribution is 7.87. The van der Waals surface area contributed by atoms with Gasteiger partial charge in [0.05, 0.1) is 11.5 Å². The molecule has 0 bridgehead atoms. The Labute approximate surface area is 189 Å². The summed E-state index contributed by atoms with van der Waals surface area (Å²) in [6.45, 7) is 3.76. The van der Waals surface area contributed by atoms with E-state index in [1.807, 2.05) is 13.8 Å². The van der Waals surface area contributed by atoms with E-state index < -0.39 is 26.3 Å². The fourth-order valence-electron chi connectivity index (χ4n) is 2.56. The third kappa shape index (κ3) is 9.15. The zero-order chi connectivity index (χ0) is 23.6. The minimum Gasteiger partial charge on any atom is -0.382 e. The van der Waals surface area contributed by atoms with Crippen LogP contribution in [0, 0.1) is 0 Å². The standard InChI is InChI=1S/C21H28N2O7S2/c1-3-5-13-31(25,26)29-19-11-7-9-17(15-19)22-21(24)23-18-10-8-12-20(16-18)30-32(27,28)14-6-4-2/h7-12,15-16H,3-6,13-14H2,1-2H3,(H2,22,23,24). The molecule has 0 aliphatic heterocycles. The van der Waals surface area contributed by atoms with Crippen LogP contribution in [0.5, 0.6) is 11.5 Å². The largest absolute Gasteiger partial charge is 0.382 e. The first-order valence-electron chi connectivity index (χ1n) is 10.2. The molecule has 0 unspecified atom stereocenters. The van der Waals surface area contributed by atoms with Crippen LogP contribution in [0.4, 0.5) is 16.2 Å². The van der Waals surface area contributed by atoms with Gasteiger partial charge in [0.25, 0.3) is 0 Å². The molecule has 0 radical (unpaired) electrons. The summed E-state index contributed by atoms with van der Waals surface area (Å²) in [4.78, 5) is 12.3. The van der Waals surface area contributed by atoms with Crippen molar-refractivity contribution in [2.75, 3.05) is 22.1 Å². The molecular weight excluding hydrogens is 456 g/mol. The van der Waals surface area contributed by atoms with E-state index in [9.17, 15) is 21.6 Å². The minimum atomic E-state index is -3.71. The summed E-state index contributed by atoms with van der Waals surface area (Å²) in [5.74, 6) is 0.000725. The van der Waals surface area contributed by atoms with Crippen molar-refractivity contribution in [1.82, 2.24) is 0 Å². The number of rotatable bonds is 12. The molecule has 0 aliphatic carbocycles. The lowest BCUT2D eigenvalue weighted by atomic mass is 10.3. The Hall–Kier alpha value is -2.79. The predicted molar refractivity (Wildman–Crippen MR) is 124 cm³/mol. The van der Waals surface area contributed by atoms with Crippen LogP contribution in [-0.4, -0.2) is 34.4 Å². The molecule has 0 aromatic heterocycles. The normalized spacial score (nSPS) is 11.6. The van der Waals surface area contributed by atoms with Crippen molar-refractivity contribution in [3.63, 3.8) is 0 Å². The Morgan fingerprint density at radius 2 is 1.16 bits per heavy atom. The number of carbonyl (C=O) groups excluding carboxylic acids is 1. The molecule has 2 N–H and O–H groups in total. The molecular formula is C21H28N2O7S2. The van der Waals surface area contributed by atoms with Crippen LogP contribution >= 0.6 is 0 Å². The summed E-state index contributed by atoms with van der Waals surface area (Å²) in [6.07, 6.45) is 2.43. The molecule has 2 aromatic carbocycles. The minimum absolute atomic E-state index is 0.0891. The molecule has 0 heterocycles. The number of hydrogen-bond acceptors (Lipinski definition) is 7. The first-order chi connectivity index (χ1) is 15.1. The average Bonchev–Trinajstić information content (AvgIpc) is 2.70. The van der Waals surface area contributed by atoms with E-state index in [1.54, 1.807) is 24.3 Å². The summed E-state index contributed by atoms with van der Waals surface area (Å²) in [7, 11) is -7.42. The molecule has 0 fully saturated rings. The molecule has 2 rings (SSSR count). The number of urea groups is 1. The smallest absolute Gasteiger partial charge is 0.323 e. The lowest BCUT2D eigenvalue weighted by Crippen LogP contribution is -2.20. The summed E-state index contributed by atoms with van der Waals surface area (Å²) < 4.78 is 57.9. The second-order valence-corrected chi connectivity index (χ2v) is 10.4. The molecule has 0 aliphatic rings. The fraction of sp³-hybridized carbons (Fsp3) is 0.381. The topological polar surface area (TPSA) is 128 Å². The van der Waals surface area contributed by atoms with Crippen molar-refractivity contribution in [1.29, 1.82) is 0 Å². The zero-order valence-corrected chi connectivity index (χ0v) is 19.7. The lowest BCUT2D eigenvalue weighted by Gasteiger charge is -2.11. The van der Waals surface area contributed by atoms with E-state index in [2.05, 4.69) is 10.6 Å². The third-order valence-corrected chi connectivity index (χ3v) is 6.60. The van der Waals surface area contributed by atoms with E-state index in [-0.39, 0.29) is 23.0 Å². The fourth-order valence-corrected chi connectivity index (χ4v) is 4.81. The van der Waals surface area contributed by atoms with Gasteiger partial charge in [-0.3, -0.25) is 0 Å². The van der Waals surface area contributed by atoms with Crippen LogP contribution < -0.4 is 19.0 Å². The highest BCUT2D eigenvalue weighted by Crippen LogP contribution is 2.22. The molecule has 0 atom stereocenters.